The van der Waals surface area contributed by atoms with Crippen LogP contribution in [-0.2, 0) is 4.79 Å². The summed E-state index contributed by atoms with van der Waals surface area (Å²) in [6.45, 7) is 3.95. The third kappa shape index (κ3) is 3.62. The average Bonchev–Trinajstić information content (AvgIpc) is 2.97. The summed E-state index contributed by atoms with van der Waals surface area (Å²) in [5.74, 6) is 0.0346. The lowest BCUT2D eigenvalue weighted by atomic mass is 9.88. The van der Waals surface area contributed by atoms with Gasteiger partial charge in [-0.2, -0.15) is 0 Å². The Balaban J connectivity index is 2.01. The maximum absolute atomic E-state index is 12.4. The van der Waals surface area contributed by atoms with Crippen LogP contribution in [0.2, 0.25) is 5.02 Å². The van der Waals surface area contributed by atoms with Crippen molar-refractivity contribution < 1.29 is 4.79 Å². The molecule has 0 aliphatic rings. The number of rotatable bonds is 5. The minimum Gasteiger partial charge on any atom is -0.361 e. The molecule has 0 bridgehead atoms. The Hall–Kier alpha value is -2.26. The van der Waals surface area contributed by atoms with Gasteiger partial charge in [-0.25, -0.2) is 0 Å². The molecule has 0 aliphatic heterocycles. The Morgan fingerprint density at radius 1 is 1.12 bits per heavy atom. The third-order valence-corrected chi connectivity index (χ3v) is 4.36. The molecule has 0 unspecified atom stereocenters. The zero-order valence-electron chi connectivity index (χ0n) is 13.8. The SMILES string of the molecule is CC(C)NC(=O)C[C@H](c1ccc(Cl)cc1)c1c[nH]c2ccccc12. The van der Waals surface area contributed by atoms with Crippen LogP contribution in [0.25, 0.3) is 10.9 Å². The molecule has 0 spiro atoms. The van der Waals surface area contributed by atoms with E-state index >= 15 is 0 Å². The zero-order chi connectivity index (χ0) is 17.1. The molecular weight excluding hydrogens is 320 g/mol. The number of fused-ring (bicyclic) bond motifs is 1. The topological polar surface area (TPSA) is 44.9 Å². The first-order valence-electron chi connectivity index (χ1n) is 8.15. The molecule has 24 heavy (non-hydrogen) atoms. The van der Waals surface area contributed by atoms with Gasteiger partial charge in [0.15, 0.2) is 0 Å². The van der Waals surface area contributed by atoms with Crippen molar-refractivity contribution in [2.24, 2.45) is 0 Å². The number of halogens is 1. The van der Waals surface area contributed by atoms with Gasteiger partial charge < -0.3 is 10.3 Å². The van der Waals surface area contributed by atoms with Gasteiger partial charge in [0, 0.05) is 40.5 Å². The van der Waals surface area contributed by atoms with Crippen LogP contribution in [0.1, 0.15) is 37.3 Å². The Labute approximate surface area is 147 Å². The van der Waals surface area contributed by atoms with Crippen LogP contribution >= 0.6 is 11.6 Å². The smallest absolute Gasteiger partial charge is 0.221 e. The van der Waals surface area contributed by atoms with Gasteiger partial charge in [-0.05, 0) is 43.2 Å². The molecule has 0 saturated heterocycles. The van der Waals surface area contributed by atoms with E-state index in [4.69, 9.17) is 11.6 Å². The number of carbonyl (C=O) groups is 1. The minimum atomic E-state index is -0.0165. The summed E-state index contributed by atoms with van der Waals surface area (Å²) in [6.07, 6.45) is 2.41. The summed E-state index contributed by atoms with van der Waals surface area (Å²) in [5.41, 5.74) is 3.30. The molecule has 1 heterocycles. The lowest BCUT2D eigenvalue weighted by molar-refractivity contribution is -0.121. The summed E-state index contributed by atoms with van der Waals surface area (Å²) < 4.78 is 0. The minimum absolute atomic E-state index is 0.0165. The summed E-state index contributed by atoms with van der Waals surface area (Å²) in [7, 11) is 0. The molecule has 3 rings (SSSR count). The molecule has 0 fully saturated rings. The number of amides is 1. The number of carbonyl (C=O) groups excluding carboxylic acids is 1. The Morgan fingerprint density at radius 3 is 2.54 bits per heavy atom. The molecule has 0 saturated carbocycles. The van der Waals surface area contributed by atoms with Crippen molar-refractivity contribution >= 4 is 28.4 Å². The second-order valence-corrected chi connectivity index (χ2v) is 6.76. The zero-order valence-corrected chi connectivity index (χ0v) is 14.6. The van der Waals surface area contributed by atoms with Gasteiger partial charge in [0.1, 0.15) is 0 Å². The Bertz CT molecular complexity index is 836. The van der Waals surface area contributed by atoms with E-state index in [1.54, 1.807) is 0 Å². The molecule has 1 atom stereocenters. The maximum Gasteiger partial charge on any atom is 0.221 e. The fraction of sp³-hybridized carbons (Fsp3) is 0.250. The number of para-hydroxylation sites is 1. The number of benzene rings is 2. The second kappa shape index (κ2) is 7.10. The van der Waals surface area contributed by atoms with Crippen molar-refractivity contribution in [3.05, 3.63) is 70.9 Å². The van der Waals surface area contributed by atoms with Gasteiger partial charge in [-0.3, -0.25) is 4.79 Å². The number of aromatic amines is 1. The molecule has 1 aromatic heterocycles. The van der Waals surface area contributed by atoms with Crippen LogP contribution in [0.15, 0.2) is 54.7 Å². The lowest BCUT2D eigenvalue weighted by Gasteiger charge is -2.18. The number of H-pyrrole nitrogens is 1. The van der Waals surface area contributed by atoms with Gasteiger partial charge in [0.2, 0.25) is 5.91 Å². The first kappa shape index (κ1) is 16.6. The van der Waals surface area contributed by atoms with Crippen molar-refractivity contribution in [3.63, 3.8) is 0 Å². The fourth-order valence-electron chi connectivity index (χ4n) is 3.05. The Morgan fingerprint density at radius 2 is 1.83 bits per heavy atom. The van der Waals surface area contributed by atoms with E-state index in [0.717, 1.165) is 22.0 Å². The predicted octanol–water partition coefficient (Wildman–Crippen LogP) is 4.87. The van der Waals surface area contributed by atoms with E-state index in [1.165, 1.54) is 0 Å². The van der Waals surface area contributed by atoms with Crippen molar-refractivity contribution in [2.75, 3.05) is 0 Å². The van der Waals surface area contributed by atoms with Crippen LogP contribution in [0.5, 0.6) is 0 Å². The molecule has 2 N–H and O–H groups in total. The highest BCUT2D eigenvalue weighted by Gasteiger charge is 2.21. The third-order valence-electron chi connectivity index (χ3n) is 4.11. The largest absolute Gasteiger partial charge is 0.361 e. The first-order valence-corrected chi connectivity index (χ1v) is 8.53. The van der Waals surface area contributed by atoms with E-state index in [-0.39, 0.29) is 17.9 Å². The summed E-state index contributed by atoms with van der Waals surface area (Å²) in [4.78, 5) is 15.7. The summed E-state index contributed by atoms with van der Waals surface area (Å²) in [6, 6.07) is 16.0. The number of aromatic nitrogens is 1. The number of hydrogen-bond acceptors (Lipinski definition) is 1. The van der Waals surface area contributed by atoms with E-state index in [2.05, 4.69) is 16.4 Å². The monoisotopic (exact) mass is 340 g/mol. The molecule has 4 heteroatoms. The summed E-state index contributed by atoms with van der Waals surface area (Å²) in [5, 5.41) is 4.83. The van der Waals surface area contributed by atoms with Crippen LogP contribution < -0.4 is 5.32 Å². The van der Waals surface area contributed by atoms with E-state index < -0.39 is 0 Å². The summed E-state index contributed by atoms with van der Waals surface area (Å²) >= 11 is 6.03. The van der Waals surface area contributed by atoms with Crippen LogP contribution in [-0.4, -0.2) is 16.9 Å². The highest BCUT2D eigenvalue weighted by Crippen LogP contribution is 2.33. The van der Waals surface area contributed by atoms with Crippen molar-refractivity contribution in [2.45, 2.75) is 32.2 Å². The van der Waals surface area contributed by atoms with Crippen molar-refractivity contribution in [1.29, 1.82) is 0 Å². The Kier molecular flexibility index (Phi) is 4.91. The van der Waals surface area contributed by atoms with E-state index in [1.807, 2.05) is 62.5 Å². The van der Waals surface area contributed by atoms with Crippen LogP contribution in [0.4, 0.5) is 0 Å². The molecule has 1 amide bonds. The molecule has 0 radical (unpaired) electrons. The second-order valence-electron chi connectivity index (χ2n) is 6.32. The van der Waals surface area contributed by atoms with E-state index in [0.29, 0.717) is 11.4 Å². The highest BCUT2D eigenvalue weighted by atomic mass is 35.5. The molecule has 2 aromatic carbocycles. The lowest BCUT2D eigenvalue weighted by Crippen LogP contribution is -2.31. The molecule has 0 aliphatic carbocycles. The quantitative estimate of drug-likeness (QED) is 0.684. The normalized spacial score (nSPS) is 12.5. The predicted molar refractivity (Wildman–Crippen MR) is 99.5 cm³/mol. The maximum atomic E-state index is 12.4. The van der Waals surface area contributed by atoms with E-state index in [9.17, 15) is 4.79 Å². The standard InChI is InChI=1S/C20H21ClN2O/c1-13(2)23-20(24)11-17(14-7-9-15(21)10-8-14)18-12-22-19-6-4-3-5-16(18)19/h3-10,12-13,17,22H,11H2,1-2H3,(H,23,24)/t17-/m1/s1. The average molecular weight is 341 g/mol. The molecule has 124 valence electrons. The van der Waals surface area contributed by atoms with Gasteiger partial charge in [0.05, 0.1) is 0 Å². The van der Waals surface area contributed by atoms with Gasteiger partial charge >= 0.3 is 0 Å². The van der Waals surface area contributed by atoms with Crippen molar-refractivity contribution in [3.8, 4) is 0 Å². The van der Waals surface area contributed by atoms with Gasteiger partial charge in [0.25, 0.3) is 0 Å². The van der Waals surface area contributed by atoms with Crippen molar-refractivity contribution in [1.82, 2.24) is 10.3 Å². The van der Waals surface area contributed by atoms with Gasteiger partial charge in [-0.15, -0.1) is 0 Å². The fourth-order valence-corrected chi connectivity index (χ4v) is 3.18. The number of nitrogens with one attached hydrogen (secondary N) is 2. The molecule has 3 nitrogen and oxygen atoms in total. The molecular formula is C20H21ClN2O. The molecule has 3 aromatic rings. The van der Waals surface area contributed by atoms with Crippen LogP contribution in [0.3, 0.4) is 0 Å². The number of hydrogen-bond donors (Lipinski definition) is 2. The van der Waals surface area contributed by atoms with Crippen LogP contribution in [0, 0.1) is 0 Å². The first-order chi connectivity index (χ1) is 11.5. The highest BCUT2D eigenvalue weighted by molar-refractivity contribution is 6.30. The van der Waals surface area contributed by atoms with Gasteiger partial charge in [-0.1, -0.05) is 41.9 Å².